The largest absolute Gasteiger partial charge is 0.504 e. The molecule has 0 radical (unpaired) electrons. The summed E-state index contributed by atoms with van der Waals surface area (Å²) in [4.78, 5) is 13.6. The van der Waals surface area contributed by atoms with E-state index < -0.39 is 0 Å². The Balaban J connectivity index is 0.000000240. The van der Waals surface area contributed by atoms with Gasteiger partial charge in [-0.15, -0.1) is 0 Å². The van der Waals surface area contributed by atoms with Crippen molar-refractivity contribution in [2.45, 2.75) is 96.4 Å². The fourth-order valence-corrected chi connectivity index (χ4v) is 19.4. The standard InChI is InChI=1S/C26H26Br4O5.C18H15Br5O5.2C18H19Br3O5/c1-13-21(33-2)10-16(24(29)23(13)28)7-19-14(6-18(12-32)26(35-4)25(19)30)5-15-9-22(34-3)17(11-31)8-20(15)27;1-25-9-5-7(18(22)23)11(13(20)16(9)27-3)15(24)8-6-10(26-2)17(28-4)14(21)12(8)19;1-8(2)6-26-7-10-5-13(23)17(24)15(20)11(10)3-9-4-12(22)18(25)16(21)14(9)19;1-2-3-4-26-8-10-7-13(23)17(24)15(20)11(10)5-9-6-12(22)18(25)16(21)14(9)19/h6,8-10,31-32H,5,7,11-12H2,1-4H3;5-6,18H,1-4H3;4-5,8,22-25H,3,6-7H2,1-2H3;6-7,22-25H,2-5,8H2,1H3. The van der Waals surface area contributed by atoms with Gasteiger partial charge in [0.05, 0.1) is 111 Å². The number of benzene rings is 9. The van der Waals surface area contributed by atoms with Crippen LogP contribution >= 0.6 is 239 Å². The van der Waals surface area contributed by atoms with Crippen molar-refractivity contribution >= 4 is 245 Å². The number of carbonyl (C=O) groups excluding carboxylic acids is 1. The first-order valence-corrected chi connectivity index (χ1v) is 46.2. The SMILES string of the molecule is CC(C)COCc1cc(O)c(O)c(Br)c1Cc1cc(O)c(O)c(Br)c1Br.CCCCOCc1cc(O)c(O)c(Br)c1Cc1cc(O)c(O)c(Br)c1Br.COc1cc(C(=O)c2c(C(Br)Br)cc(OC)c(OC)c2Br)c(Br)c(Br)c1OC.COc1cc(Cc2cc(CO)c(OC)c(Br)c2Cc2cc(OC)c(C)c(Br)c2Br)c(Br)cc1CO. The van der Waals surface area contributed by atoms with Crippen LogP contribution in [0, 0.1) is 12.8 Å². The van der Waals surface area contributed by atoms with E-state index in [1.54, 1.807) is 33.5 Å². The molecule has 0 aliphatic heterocycles. The van der Waals surface area contributed by atoms with Gasteiger partial charge in [-0.05, 0) is 339 Å². The van der Waals surface area contributed by atoms with Gasteiger partial charge in [0.2, 0.25) is 0 Å². The fraction of sp³-hybridized carbons (Fsp3) is 0.312. The van der Waals surface area contributed by atoms with E-state index in [-0.39, 0.29) is 81.9 Å². The number of phenolic OH excluding ortho intramolecular Hbond substituents is 8. The van der Waals surface area contributed by atoms with Crippen LogP contribution in [-0.2, 0) is 61.6 Å². The van der Waals surface area contributed by atoms with Crippen molar-refractivity contribution < 1.29 is 98.5 Å². The number of aliphatic hydroxyl groups is 2. The summed E-state index contributed by atoms with van der Waals surface area (Å²) < 4.78 is 57.1. The van der Waals surface area contributed by atoms with Crippen LogP contribution < -0.4 is 33.2 Å². The number of methoxy groups -OCH3 is 7. The number of ether oxygens (including phenoxy) is 9. The number of unbranched alkanes of at least 4 members (excludes halogenated alkanes) is 1. The van der Waals surface area contributed by atoms with Crippen LogP contribution in [0.15, 0.2) is 119 Å². The molecule has 0 amide bonds. The van der Waals surface area contributed by atoms with Crippen LogP contribution in [0.25, 0.3) is 0 Å². The average molecular weight is 2560 g/mol. The van der Waals surface area contributed by atoms with Gasteiger partial charge in [0, 0.05) is 87.1 Å². The second kappa shape index (κ2) is 46.8. The molecule has 0 unspecified atom stereocenters. The maximum Gasteiger partial charge on any atom is 0.195 e. The number of aliphatic hydroxyl groups excluding tert-OH is 2. The van der Waals surface area contributed by atoms with E-state index in [1.807, 2.05) is 45.0 Å². The third-order valence-corrected chi connectivity index (χ3v) is 31.5. The number of aromatic hydroxyl groups is 8. The predicted octanol–water partition coefficient (Wildman–Crippen LogP) is 25.5. The molecule has 0 fully saturated rings. The minimum atomic E-state index is -0.294. The molecule has 0 aliphatic carbocycles. The van der Waals surface area contributed by atoms with Crippen molar-refractivity contribution in [1.82, 2.24) is 0 Å². The first-order chi connectivity index (χ1) is 54.3. The molecule has 10 N–H and O–H groups in total. The van der Waals surface area contributed by atoms with Crippen molar-refractivity contribution in [2.75, 3.05) is 63.0 Å². The molecule has 624 valence electrons. The second-order valence-corrected chi connectivity index (χ2v) is 38.8. The summed E-state index contributed by atoms with van der Waals surface area (Å²) in [6.45, 7) is 9.60. The van der Waals surface area contributed by atoms with E-state index in [1.165, 1.54) is 52.7 Å². The normalized spacial score (nSPS) is 11.0. The Hall–Kier alpha value is -3.31. The molecule has 20 nitrogen and oxygen atoms in total. The molecule has 0 heterocycles. The maximum atomic E-state index is 13.6. The molecule has 9 aromatic rings. The maximum absolute atomic E-state index is 13.6. The van der Waals surface area contributed by atoms with E-state index in [0.717, 1.165) is 75.4 Å². The van der Waals surface area contributed by atoms with Crippen molar-refractivity contribution in [3.05, 3.63) is 208 Å². The van der Waals surface area contributed by atoms with Gasteiger partial charge < -0.3 is 93.7 Å². The molecule has 0 saturated heterocycles. The third kappa shape index (κ3) is 24.6. The minimum Gasteiger partial charge on any atom is -0.504 e. The van der Waals surface area contributed by atoms with Gasteiger partial charge in [-0.3, -0.25) is 4.79 Å². The van der Waals surface area contributed by atoms with E-state index >= 15 is 0 Å². The molecule has 0 aromatic heterocycles. The first-order valence-electron chi connectivity index (χ1n) is 34.0. The van der Waals surface area contributed by atoms with Crippen molar-refractivity contribution in [1.29, 1.82) is 0 Å². The highest BCUT2D eigenvalue weighted by molar-refractivity contribution is 9.24. The zero-order valence-corrected chi connectivity index (χ0v) is 86.9. The van der Waals surface area contributed by atoms with Crippen LogP contribution in [0.4, 0.5) is 0 Å². The van der Waals surface area contributed by atoms with Gasteiger partial charge in [0.1, 0.15) is 17.2 Å². The number of carbonyl (C=O) groups is 1. The van der Waals surface area contributed by atoms with Crippen LogP contribution in [0.2, 0.25) is 0 Å². The van der Waals surface area contributed by atoms with Crippen LogP contribution in [0.1, 0.15) is 131 Å². The molecule has 0 bridgehead atoms. The Kier molecular flexibility index (Phi) is 40.9. The zero-order chi connectivity index (χ0) is 86.1. The Morgan fingerprint density at radius 1 is 0.383 bits per heavy atom. The van der Waals surface area contributed by atoms with E-state index in [0.29, 0.717) is 170 Å². The summed E-state index contributed by atoms with van der Waals surface area (Å²) >= 11 is 52.2. The predicted molar refractivity (Wildman–Crippen MR) is 498 cm³/mol. The molecule has 9 aromatic carbocycles. The molecule has 9 rings (SSSR count). The number of halogens is 15. The molecule has 0 atom stereocenters. The summed E-state index contributed by atoms with van der Waals surface area (Å²) in [7, 11) is 10.9. The van der Waals surface area contributed by atoms with Crippen LogP contribution in [0.5, 0.6) is 86.2 Å². The Morgan fingerprint density at radius 3 is 1.24 bits per heavy atom. The molecule has 0 saturated carbocycles. The lowest BCUT2D eigenvalue weighted by Gasteiger charge is -2.21. The number of ketones is 1. The van der Waals surface area contributed by atoms with E-state index in [4.69, 9.17) is 42.6 Å². The van der Waals surface area contributed by atoms with Gasteiger partial charge in [-0.2, -0.15) is 0 Å². The zero-order valence-electron chi connectivity index (χ0n) is 63.1. The van der Waals surface area contributed by atoms with E-state index in [9.17, 15) is 55.9 Å². The Morgan fingerprint density at radius 2 is 0.800 bits per heavy atom. The molecule has 35 heteroatoms. The lowest BCUT2D eigenvalue weighted by Crippen LogP contribution is -2.10. The van der Waals surface area contributed by atoms with Gasteiger partial charge in [0.15, 0.2) is 74.8 Å². The second-order valence-electron chi connectivity index (χ2n) is 25.4. The molecular weight excluding hydrogens is 2480 g/mol. The third-order valence-electron chi connectivity index (χ3n) is 17.5. The van der Waals surface area contributed by atoms with Gasteiger partial charge in [0.25, 0.3) is 0 Å². The van der Waals surface area contributed by atoms with Crippen LogP contribution in [0.3, 0.4) is 0 Å². The monoisotopic (exact) mass is 2540 g/mol. The number of hydrogen-bond acceptors (Lipinski definition) is 20. The number of alkyl halides is 2. The number of hydrogen-bond donors (Lipinski definition) is 10. The summed E-state index contributed by atoms with van der Waals surface area (Å²) in [6.07, 6.45) is 3.75. The highest BCUT2D eigenvalue weighted by Gasteiger charge is 2.31. The Labute approximate surface area is 793 Å². The van der Waals surface area contributed by atoms with Crippen molar-refractivity contribution in [3.8, 4) is 86.2 Å². The summed E-state index contributed by atoms with van der Waals surface area (Å²) in [6, 6.07) is 17.0. The summed E-state index contributed by atoms with van der Waals surface area (Å²) in [5.41, 5.74) is 12.2. The first kappa shape index (κ1) is 100. The lowest BCUT2D eigenvalue weighted by atomic mass is 9.92. The quantitative estimate of drug-likeness (QED) is 0.00901. The minimum absolute atomic E-state index is 0.117. The molecule has 0 spiro atoms. The molecular formula is C80H79Br15O20. The fourth-order valence-electron chi connectivity index (χ4n) is 11.5. The molecule has 115 heavy (non-hydrogen) atoms. The smallest absolute Gasteiger partial charge is 0.195 e. The van der Waals surface area contributed by atoms with Gasteiger partial charge in [-0.1, -0.05) is 75.0 Å². The average Bonchev–Trinajstić information content (AvgIpc) is 0.774. The Bertz CT molecular complexity index is 5010. The van der Waals surface area contributed by atoms with Gasteiger partial charge in [-0.25, -0.2) is 0 Å². The number of rotatable bonds is 29. The van der Waals surface area contributed by atoms with Crippen LogP contribution in [-0.4, -0.2) is 120 Å². The number of phenols is 8. The van der Waals surface area contributed by atoms with Crippen molar-refractivity contribution in [2.24, 2.45) is 5.92 Å². The van der Waals surface area contributed by atoms with Crippen molar-refractivity contribution in [3.63, 3.8) is 0 Å². The van der Waals surface area contributed by atoms with E-state index in [2.05, 4.69) is 246 Å². The summed E-state index contributed by atoms with van der Waals surface area (Å²) in [5.74, 6) is 1.96. The highest BCUT2D eigenvalue weighted by atomic mass is 79.9. The highest BCUT2D eigenvalue weighted by Crippen LogP contribution is 2.52. The topological polar surface area (TPSA) is 302 Å². The summed E-state index contributed by atoms with van der Waals surface area (Å²) in [5, 5.41) is 99.1. The van der Waals surface area contributed by atoms with Gasteiger partial charge >= 0.3 is 0 Å². The molecule has 0 aliphatic rings. The lowest BCUT2D eigenvalue weighted by molar-refractivity contribution is 0.0964.